The smallest absolute Gasteiger partial charge is 0.235 e. The minimum absolute atomic E-state index is 0.0318. The highest BCUT2D eigenvalue weighted by Crippen LogP contribution is 2.37. The van der Waals surface area contributed by atoms with Crippen LogP contribution in [0.1, 0.15) is 25.3 Å². The summed E-state index contributed by atoms with van der Waals surface area (Å²) >= 11 is 1.51. The summed E-state index contributed by atoms with van der Waals surface area (Å²) in [7, 11) is 1.90. The minimum Gasteiger partial charge on any atom is -0.343 e. The van der Waals surface area contributed by atoms with Gasteiger partial charge in [0.1, 0.15) is 6.33 Å². The van der Waals surface area contributed by atoms with Gasteiger partial charge in [-0.15, -0.1) is 10.2 Å². The van der Waals surface area contributed by atoms with Crippen LogP contribution < -0.4 is 5.32 Å². The first-order valence-electron chi connectivity index (χ1n) is 10.2. The van der Waals surface area contributed by atoms with Gasteiger partial charge in [0.05, 0.1) is 5.41 Å². The molecule has 1 saturated heterocycles. The van der Waals surface area contributed by atoms with E-state index in [-0.39, 0.29) is 11.8 Å². The van der Waals surface area contributed by atoms with E-state index in [1.807, 2.05) is 71.1 Å². The van der Waals surface area contributed by atoms with Crippen LogP contribution in [0.15, 0.2) is 71.0 Å². The summed E-state index contributed by atoms with van der Waals surface area (Å²) in [6.07, 6.45) is 2.86. The molecule has 2 aromatic carbocycles. The lowest BCUT2D eigenvalue weighted by atomic mass is 9.72. The second-order valence-corrected chi connectivity index (χ2v) is 8.80. The molecule has 2 heterocycles. The van der Waals surface area contributed by atoms with Gasteiger partial charge in [-0.3, -0.25) is 9.59 Å². The average molecular weight is 436 g/mol. The Morgan fingerprint density at radius 2 is 1.71 bits per heavy atom. The van der Waals surface area contributed by atoms with Gasteiger partial charge in [0, 0.05) is 37.6 Å². The number of carbonyl (C=O) groups excluding carboxylic acids is 2. The van der Waals surface area contributed by atoms with Gasteiger partial charge in [0.15, 0.2) is 5.16 Å². The van der Waals surface area contributed by atoms with Crippen LogP contribution in [-0.2, 0) is 22.1 Å². The molecule has 0 atom stereocenters. The number of likely N-dealkylation sites (tertiary alicyclic amines) is 1. The Labute approximate surface area is 185 Å². The van der Waals surface area contributed by atoms with Crippen molar-refractivity contribution in [3.05, 3.63) is 66.5 Å². The molecule has 160 valence electrons. The summed E-state index contributed by atoms with van der Waals surface area (Å²) < 4.78 is 1.86. The van der Waals surface area contributed by atoms with Crippen molar-refractivity contribution in [2.75, 3.05) is 18.4 Å². The van der Waals surface area contributed by atoms with Crippen LogP contribution in [0.3, 0.4) is 0 Å². The molecular weight excluding hydrogens is 410 g/mol. The van der Waals surface area contributed by atoms with Crippen molar-refractivity contribution in [2.45, 2.75) is 35.2 Å². The highest BCUT2D eigenvalue weighted by Gasteiger charge is 2.43. The zero-order valence-electron chi connectivity index (χ0n) is 17.6. The number of anilines is 1. The summed E-state index contributed by atoms with van der Waals surface area (Å²) in [5.74, 6) is 0.0219. The molecule has 3 aromatic rings. The number of hydrogen-bond donors (Lipinski definition) is 1. The molecule has 0 bridgehead atoms. The van der Waals surface area contributed by atoms with Gasteiger partial charge in [0.2, 0.25) is 11.8 Å². The Morgan fingerprint density at radius 1 is 1.03 bits per heavy atom. The topological polar surface area (TPSA) is 80.1 Å². The van der Waals surface area contributed by atoms with Gasteiger partial charge < -0.3 is 14.8 Å². The molecular formula is C23H25N5O2S. The second-order valence-electron chi connectivity index (χ2n) is 7.76. The predicted octanol–water partition coefficient (Wildman–Crippen LogP) is 3.49. The van der Waals surface area contributed by atoms with E-state index in [2.05, 4.69) is 15.5 Å². The van der Waals surface area contributed by atoms with Gasteiger partial charge in [0.25, 0.3) is 0 Å². The van der Waals surface area contributed by atoms with E-state index in [1.54, 1.807) is 13.3 Å². The van der Waals surface area contributed by atoms with Crippen molar-refractivity contribution >= 4 is 29.3 Å². The lowest BCUT2D eigenvalue weighted by molar-refractivity contribution is -0.133. The Balaban J connectivity index is 1.51. The number of piperidine rings is 1. The maximum atomic E-state index is 13.5. The molecule has 1 aliphatic rings. The molecule has 0 unspecified atom stereocenters. The molecule has 31 heavy (non-hydrogen) atoms. The van der Waals surface area contributed by atoms with E-state index < -0.39 is 5.41 Å². The number of carbonyl (C=O) groups is 2. The monoisotopic (exact) mass is 435 g/mol. The number of rotatable bonds is 5. The van der Waals surface area contributed by atoms with Crippen molar-refractivity contribution in [3.63, 3.8) is 0 Å². The first kappa shape index (κ1) is 21.1. The van der Waals surface area contributed by atoms with Crippen molar-refractivity contribution in [1.82, 2.24) is 19.7 Å². The molecule has 1 N–H and O–H groups in total. The highest BCUT2D eigenvalue weighted by atomic mass is 32.2. The molecule has 8 heteroatoms. The highest BCUT2D eigenvalue weighted by molar-refractivity contribution is 7.99. The van der Waals surface area contributed by atoms with Gasteiger partial charge in [-0.2, -0.15) is 0 Å². The van der Waals surface area contributed by atoms with E-state index in [0.717, 1.165) is 21.3 Å². The normalized spacial score (nSPS) is 15.5. The Hall–Kier alpha value is -3.13. The van der Waals surface area contributed by atoms with Crippen LogP contribution in [0.5, 0.6) is 0 Å². The predicted molar refractivity (Wildman–Crippen MR) is 120 cm³/mol. The molecule has 2 amide bonds. The molecule has 0 radical (unpaired) electrons. The third-order valence-electron chi connectivity index (χ3n) is 5.81. The fourth-order valence-corrected chi connectivity index (χ4v) is 4.70. The second kappa shape index (κ2) is 8.93. The third-order valence-corrected chi connectivity index (χ3v) is 6.87. The Morgan fingerprint density at radius 3 is 2.29 bits per heavy atom. The Bertz CT molecular complexity index is 1060. The van der Waals surface area contributed by atoms with Crippen LogP contribution in [0.2, 0.25) is 0 Å². The van der Waals surface area contributed by atoms with E-state index in [9.17, 15) is 9.59 Å². The van der Waals surface area contributed by atoms with Crippen molar-refractivity contribution < 1.29 is 9.59 Å². The van der Waals surface area contributed by atoms with Gasteiger partial charge in [-0.25, -0.2) is 0 Å². The maximum absolute atomic E-state index is 13.5. The standard InChI is InChI=1S/C23H25N5O2S/c1-17(29)28-14-12-23(13-15-28,18-6-4-3-5-7-18)21(30)25-19-8-10-20(11-9-19)31-22-26-24-16-27(22)2/h3-11,16H,12-15H2,1-2H3,(H,25,30). The molecule has 0 saturated carbocycles. The zero-order chi connectivity index (χ0) is 21.8. The zero-order valence-corrected chi connectivity index (χ0v) is 18.4. The first-order chi connectivity index (χ1) is 15.0. The fourth-order valence-electron chi connectivity index (χ4n) is 3.93. The number of amides is 2. The maximum Gasteiger partial charge on any atom is 0.235 e. The minimum atomic E-state index is -0.654. The lowest BCUT2D eigenvalue weighted by Crippen LogP contribution is -2.50. The summed E-state index contributed by atoms with van der Waals surface area (Å²) in [4.78, 5) is 28.1. The van der Waals surface area contributed by atoms with Crippen LogP contribution >= 0.6 is 11.8 Å². The van der Waals surface area contributed by atoms with Crippen molar-refractivity contribution in [2.24, 2.45) is 7.05 Å². The lowest BCUT2D eigenvalue weighted by Gasteiger charge is -2.40. The number of nitrogens with one attached hydrogen (secondary N) is 1. The number of aryl methyl sites for hydroxylation is 1. The van der Waals surface area contributed by atoms with Crippen LogP contribution in [0.25, 0.3) is 0 Å². The average Bonchev–Trinajstić information content (AvgIpc) is 3.20. The van der Waals surface area contributed by atoms with E-state index in [1.165, 1.54) is 11.8 Å². The van der Waals surface area contributed by atoms with Crippen molar-refractivity contribution in [1.29, 1.82) is 0 Å². The number of nitrogens with zero attached hydrogens (tertiary/aromatic N) is 4. The molecule has 7 nitrogen and oxygen atoms in total. The number of hydrogen-bond acceptors (Lipinski definition) is 5. The van der Waals surface area contributed by atoms with E-state index in [4.69, 9.17) is 0 Å². The van der Waals surface area contributed by atoms with E-state index in [0.29, 0.717) is 25.9 Å². The molecule has 1 fully saturated rings. The van der Waals surface area contributed by atoms with Crippen molar-refractivity contribution in [3.8, 4) is 0 Å². The Kier molecular flexibility index (Phi) is 6.08. The summed E-state index contributed by atoms with van der Waals surface area (Å²) in [5.41, 5.74) is 1.08. The summed E-state index contributed by atoms with van der Waals surface area (Å²) in [6, 6.07) is 17.6. The molecule has 1 aliphatic heterocycles. The molecule has 0 aliphatic carbocycles. The van der Waals surface area contributed by atoms with Gasteiger partial charge in [-0.05, 0) is 54.4 Å². The van der Waals surface area contributed by atoms with Gasteiger partial charge in [-0.1, -0.05) is 30.3 Å². The van der Waals surface area contributed by atoms with Crippen LogP contribution in [0.4, 0.5) is 5.69 Å². The third kappa shape index (κ3) is 4.49. The van der Waals surface area contributed by atoms with E-state index >= 15 is 0 Å². The van der Waals surface area contributed by atoms with Crippen LogP contribution in [0, 0.1) is 0 Å². The number of aromatic nitrogens is 3. The fraction of sp³-hybridized carbons (Fsp3) is 0.304. The molecule has 4 rings (SSSR count). The molecule has 1 aromatic heterocycles. The summed E-state index contributed by atoms with van der Waals surface area (Å²) in [6.45, 7) is 2.73. The summed E-state index contributed by atoms with van der Waals surface area (Å²) in [5, 5.41) is 11.9. The van der Waals surface area contributed by atoms with Gasteiger partial charge >= 0.3 is 0 Å². The largest absolute Gasteiger partial charge is 0.343 e. The van der Waals surface area contributed by atoms with Crippen LogP contribution in [-0.4, -0.2) is 44.6 Å². The quantitative estimate of drug-likeness (QED) is 0.664. The molecule has 0 spiro atoms. The SMILES string of the molecule is CC(=O)N1CCC(C(=O)Nc2ccc(Sc3nncn3C)cc2)(c2ccccc2)CC1. The number of benzene rings is 2. The first-order valence-corrected chi connectivity index (χ1v) is 11.0.